The van der Waals surface area contributed by atoms with Crippen LogP contribution in [0.2, 0.25) is 5.02 Å². The fourth-order valence-corrected chi connectivity index (χ4v) is 2.02. The molecule has 0 amide bonds. The van der Waals surface area contributed by atoms with E-state index >= 15 is 0 Å². The van der Waals surface area contributed by atoms with Crippen LogP contribution in [0.1, 0.15) is 32.8 Å². The van der Waals surface area contributed by atoms with Gasteiger partial charge in [0.05, 0.1) is 0 Å². The van der Waals surface area contributed by atoms with E-state index in [4.69, 9.17) is 17.3 Å². The van der Waals surface area contributed by atoms with Gasteiger partial charge in [-0.2, -0.15) is 0 Å². The van der Waals surface area contributed by atoms with Crippen molar-refractivity contribution in [1.82, 2.24) is 0 Å². The Hall–Kier alpha value is -0.530. The van der Waals surface area contributed by atoms with Crippen LogP contribution in [-0.2, 0) is 5.41 Å². The lowest BCUT2D eigenvalue weighted by Gasteiger charge is -2.27. The zero-order valence-electron chi connectivity index (χ0n) is 9.05. The van der Waals surface area contributed by atoms with Gasteiger partial charge in [-0.05, 0) is 36.5 Å². The van der Waals surface area contributed by atoms with Crippen molar-refractivity contribution in [3.63, 3.8) is 0 Å². The molecular formula is C12H18ClN. The fourth-order valence-electron chi connectivity index (χ4n) is 1.83. The van der Waals surface area contributed by atoms with Crippen LogP contribution in [-0.4, -0.2) is 6.04 Å². The molecule has 1 nitrogen and oxygen atoms in total. The van der Waals surface area contributed by atoms with Crippen molar-refractivity contribution in [2.45, 2.75) is 38.6 Å². The van der Waals surface area contributed by atoms with E-state index in [0.29, 0.717) is 0 Å². The van der Waals surface area contributed by atoms with Gasteiger partial charge >= 0.3 is 0 Å². The highest BCUT2D eigenvalue weighted by atomic mass is 35.5. The largest absolute Gasteiger partial charge is 0.328 e. The number of hydrogen-bond donors (Lipinski definition) is 1. The van der Waals surface area contributed by atoms with Crippen LogP contribution >= 0.6 is 11.6 Å². The van der Waals surface area contributed by atoms with Crippen molar-refractivity contribution in [3.8, 4) is 0 Å². The van der Waals surface area contributed by atoms with Crippen LogP contribution in [0.4, 0.5) is 0 Å². The summed E-state index contributed by atoms with van der Waals surface area (Å²) in [5.41, 5.74) is 7.17. The summed E-state index contributed by atoms with van der Waals surface area (Å²) in [5.74, 6) is 0. The standard InChI is InChI=1S/C12H18ClN/c1-9(14)8-12(2,3)10-5-4-6-11(13)7-10/h4-7,9H,8,14H2,1-3H3. The smallest absolute Gasteiger partial charge is 0.0408 e. The summed E-state index contributed by atoms with van der Waals surface area (Å²) in [6.07, 6.45) is 0.966. The molecule has 0 fully saturated rings. The summed E-state index contributed by atoms with van der Waals surface area (Å²) in [6.45, 7) is 6.43. The van der Waals surface area contributed by atoms with Gasteiger partial charge in [0.1, 0.15) is 0 Å². The number of rotatable bonds is 3. The predicted molar refractivity (Wildman–Crippen MR) is 62.7 cm³/mol. The summed E-state index contributed by atoms with van der Waals surface area (Å²) in [6, 6.07) is 8.22. The van der Waals surface area contributed by atoms with Gasteiger partial charge in [0.2, 0.25) is 0 Å². The Morgan fingerprint density at radius 3 is 2.57 bits per heavy atom. The molecule has 0 bridgehead atoms. The van der Waals surface area contributed by atoms with Crippen molar-refractivity contribution in [2.24, 2.45) is 5.73 Å². The summed E-state index contributed by atoms with van der Waals surface area (Å²) in [5, 5.41) is 0.792. The number of hydrogen-bond acceptors (Lipinski definition) is 1. The third-order valence-electron chi connectivity index (χ3n) is 2.44. The number of nitrogens with two attached hydrogens (primary N) is 1. The quantitative estimate of drug-likeness (QED) is 0.816. The van der Waals surface area contributed by atoms with Gasteiger partial charge in [0.15, 0.2) is 0 Å². The number of halogens is 1. The molecule has 1 rings (SSSR count). The normalized spacial score (nSPS) is 14.1. The second kappa shape index (κ2) is 4.33. The van der Waals surface area contributed by atoms with Crippen LogP contribution < -0.4 is 5.73 Å². The molecule has 0 aliphatic heterocycles. The molecule has 0 saturated heterocycles. The predicted octanol–water partition coefficient (Wildman–Crippen LogP) is 3.35. The van der Waals surface area contributed by atoms with Crippen LogP contribution in [0.3, 0.4) is 0 Å². The van der Waals surface area contributed by atoms with Crippen molar-refractivity contribution < 1.29 is 0 Å². The molecule has 2 N–H and O–H groups in total. The lowest BCUT2D eigenvalue weighted by molar-refractivity contribution is 0.437. The first-order valence-electron chi connectivity index (χ1n) is 4.93. The van der Waals surface area contributed by atoms with Crippen molar-refractivity contribution in [2.75, 3.05) is 0 Å². The van der Waals surface area contributed by atoms with Crippen molar-refractivity contribution in [3.05, 3.63) is 34.9 Å². The molecule has 78 valence electrons. The average molecular weight is 212 g/mol. The Bertz CT molecular complexity index is 305. The van der Waals surface area contributed by atoms with E-state index in [1.54, 1.807) is 0 Å². The minimum atomic E-state index is 0.0963. The number of benzene rings is 1. The van der Waals surface area contributed by atoms with Gasteiger partial charge in [-0.15, -0.1) is 0 Å². The van der Waals surface area contributed by atoms with E-state index < -0.39 is 0 Å². The molecule has 1 aromatic carbocycles. The fraction of sp³-hybridized carbons (Fsp3) is 0.500. The third-order valence-corrected chi connectivity index (χ3v) is 2.67. The lowest BCUT2D eigenvalue weighted by Crippen LogP contribution is -2.28. The SMILES string of the molecule is CC(N)CC(C)(C)c1cccc(Cl)c1. The zero-order chi connectivity index (χ0) is 10.8. The van der Waals surface area contributed by atoms with E-state index in [0.717, 1.165) is 11.4 Å². The summed E-state index contributed by atoms with van der Waals surface area (Å²) in [4.78, 5) is 0. The van der Waals surface area contributed by atoms with Crippen LogP contribution in [0.25, 0.3) is 0 Å². The Balaban J connectivity index is 2.91. The topological polar surface area (TPSA) is 26.0 Å². The van der Waals surface area contributed by atoms with Gasteiger partial charge < -0.3 is 5.73 Å². The van der Waals surface area contributed by atoms with Crippen molar-refractivity contribution in [1.29, 1.82) is 0 Å². The second-order valence-corrected chi connectivity index (χ2v) is 5.01. The molecule has 0 aliphatic rings. The van der Waals surface area contributed by atoms with E-state index in [-0.39, 0.29) is 11.5 Å². The zero-order valence-corrected chi connectivity index (χ0v) is 9.81. The molecule has 0 heterocycles. The van der Waals surface area contributed by atoms with Gasteiger partial charge in [0.25, 0.3) is 0 Å². The first kappa shape index (κ1) is 11.5. The summed E-state index contributed by atoms with van der Waals surface area (Å²) >= 11 is 5.96. The molecule has 14 heavy (non-hydrogen) atoms. The average Bonchev–Trinajstić information content (AvgIpc) is 2.01. The molecule has 0 radical (unpaired) electrons. The minimum Gasteiger partial charge on any atom is -0.328 e. The first-order valence-corrected chi connectivity index (χ1v) is 5.31. The minimum absolute atomic E-state index is 0.0963. The molecule has 0 aromatic heterocycles. The Morgan fingerprint density at radius 2 is 2.07 bits per heavy atom. The van der Waals surface area contributed by atoms with E-state index in [1.807, 2.05) is 25.1 Å². The first-order chi connectivity index (χ1) is 6.42. The highest BCUT2D eigenvalue weighted by Crippen LogP contribution is 2.29. The molecule has 0 spiro atoms. The maximum atomic E-state index is 5.96. The van der Waals surface area contributed by atoms with Crippen LogP contribution in [0.15, 0.2) is 24.3 Å². The van der Waals surface area contributed by atoms with Crippen molar-refractivity contribution >= 4 is 11.6 Å². The molecule has 2 heteroatoms. The second-order valence-electron chi connectivity index (χ2n) is 4.58. The van der Waals surface area contributed by atoms with Gasteiger partial charge in [-0.3, -0.25) is 0 Å². The summed E-state index contributed by atoms with van der Waals surface area (Å²) < 4.78 is 0. The van der Waals surface area contributed by atoms with E-state index in [1.165, 1.54) is 5.56 Å². The van der Waals surface area contributed by atoms with E-state index in [9.17, 15) is 0 Å². The third kappa shape index (κ3) is 3.00. The van der Waals surface area contributed by atoms with Crippen LogP contribution in [0.5, 0.6) is 0 Å². The molecule has 1 aromatic rings. The molecular weight excluding hydrogens is 194 g/mol. The molecule has 0 aliphatic carbocycles. The van der Waals surface area contributed by atoms with Gasteiger partial charge in [-0.25, -0.2) is 0 Å². The van der Waals surface area contributed by atoms with Gasteiger partial charge in [-0.1, -0.05) is 37.6 Å². The maximum Gasteiger partial charge on any atom is 0.0408 e. The lowest BCUT2D eigenvalue weighted by atomic mass is 9.79. The maximum absolute atomic E-state index is 5.96. The monoisotopic (exact) mass is 211 g/mol. The highest BCUT2D eigenvalue weighted by Gasteiger charge is 2.21. The Labute approximate surface area is 91.3 Å². The van der Waals surface area contributed by atoms with Gasteiger partial charge in [0, 0.05) is 11.1 Å². The Kier molecular flexibility index (Phi) is 3.57. The highest BCUT2D eigenvalue weighted by molar-refractivity contribution is 6.30. The summed E-state index contributed by atoms with van der Waals surface area (Å²) in [7, 11) is 0. The molecule has 1 atom stereocenters. The van der Waals surface area contributed by atoms with Crippen LogP contribution in [0, 0.1) is 0 Å². The van der Waals surface area contributed by atoms with E-state index in [2.05, 4.69) is 19.9 Å². The molecule has 0 saturated carbocycles. The molecule has 1 unspecified atom stereocenters. The Morgan fingerprint density at radius 1 is 1.43 bits per heavy atom.